The van der Waals surface area contributed by atoms with Crippen LogP contribution in [-0.4, -0.2) is 17.1 Å². The van der Waals surface area contributed by atoms with Gasteiger partial charge >= 0.3 is 0 Å². The first-order chi connectivity index (χ1) is 9.78. The minimum atomic E-state index is 0.657. The van der Waals surface area contributed by atoms with Crippen molar-refractivity contribution in [3.05, 3.63) is 48.9 Å². The summed E-state index contributed by atoms with van der Waals surface area (Å²) in [4.78, 5) is 9.40. The minimum absolute atomic E-state index is 0.657. The topological polar surface area (TPSA) is 61.0 Å². The van der Waals surface area contributed by atoms with Crippen LogP contribution in [0.25, 0.3) is 10.8 Å². The summed E-state index contributed by atoms with van der Waals surface area (Å²) in [6.45, 7) is 0. The molecule has 2 heterocycles. The molecule has 0 saturated heterocycles. The maximum atomic E-state index is 5.93. The summed E-state index contributed by atoms with van der Waals surface area (Å²) in [5, 5.41) is 3.09. The van der Waals surface area contributed by atoms with Crippen molar-refractivity contribution >= 4 is 28.2 Å². The second kappa shape index (κ2) is 5.38. The summed E-state index contributed by atoms with van der Waals surface area (Å²) in [6, 6.07) is 9.81. The zero-order chi connectivity index (χ0) is 13.9. The predicted octanol–water partition coefficient (Wildman–Crippen LogP) is 3.37. The molecule has 0 aliphatic heterocycles. The third kappa shape index (κ3) is 2.40. The van der Waals surface area contributed by atoms with E-state index >= 15 is 0 Å². The average Bonchev–Trinajstić information content (AvgIpc) is 2.49. The number of fused-ring (bicyclic) bond motifs is 1. The molecule has 1 aromatic carbocycles. The van der Waals surface area contributed by atoms with Crippen molar-refractivity contribution in [2.45, 2.75) is 9.92 Å². The Morgan fingerprint density at radius 2 is 2.05 bits per heavy atom. The molecule has 3 rings (SSSR count). The van der Waals surface area contributed by atoms with Gasteiger partial charge in [0.15, 0.2) is 0 Å². The van der Waals surface area contributed by atoms with Crippen molar-refractivity contribution in [2.24, 2.45) is 0 Å². The highest BCUT2D eigenvalue weighted by Gasteiger charge is 2.07. The van der Waals surface area contributed by atoms with Gasteiger partial charge < -0.3 is 10.5 Å². The first-order valence-electron chi connectivity index (χ1n) is 6.08. The number of anilines is 1. The number of ether oxygens (including phenoxy) is 1. The van der Waals surface area contributed by atoms with E-state index in [0.29, 0.717) is 5.69 Å². The van der Waals surface area contributed by atoms with E-state index in [4.69, 9.17) is 10.5 Å². The molecule has 100 valence electrons. The Balaban J connectivity index is 2.06. The lowest BCUT2D eigenvalue weighted by atomic mass is 10.2. The summed E-state index contributed by atoms with van der Waals surface area (Å²) in [6.07, 6.45) is 5.17. The van der Waals surface area contributed by atoms with Gasteiger partial charge in [-0.2, -0.15) is 0 Å². The van der Waals surface area contributed by atoms with E-state index in [9.17, 15) is 0 Å². The fourth-order valence-electron chi connectivity index (χ4n) is 1.93. The summed E-state index contributed by atoms with van der Waals surface area (Å²) >= 11 is 1.54. The number of nitrogens with two attached hydrogens (primary N) is 1. The molecular formula is C15H13N3OS. The Kier molecular flexibility index (Phi) is 3.43. The highest BCUT2D eigenvalue weighted by Crippen LogP contribution is 2.35. The maximum Gasteiger partial charge on any atom is 0.119 e. The standard InChI is InChI=1S/C15H13N3OS/c1-19-11-2-3-12-10(8-11)4-7-18-15(12)20-14-5-6-17-9-13(14)16/h2-9H,16H2,1H3. The van der Waals surface area contributed by atoms with Gasteiger partial charge in [0.25, 0.3) is 0 Å². The van der Waals surface area contributed by atoms with Crippen molar-refractivity contribution in [2.75, 3.05) is 12.8 Å². The molecule has 2 aromatic heterocycles. The molecule has 0 amide bonds. The third-order valence-corrected chi connectivity index (χ3v) is 4.06. The monoisotopic (exact) mass is 283 g/mol. The largest absolute Gasteiger partial charge is 0.497 e. The Labute approximate surface area is 121 Å². The molecule has 0 saturated carbocycles. The number of benzene rings is 1. The molecule has 2 N–H and O–H groups in total. The van der Waals surface area contributed by atoms with Gasteiger partial charge in [-0.25, -0.2) is 4.98 Å². The van der Waals surface area contributed by atoms with Gasteiger partial charge in [0.2, 0.25) is 0 Å². The van der Waals surface area contributed by atoms with Crippen molar-refractivity contribution in [3.63, 3.8) is 0 Å². The number of nitrogens with zero attached hydrogens (tertiary/aromatic N) is 2. The van der Waals surface area contributed by atoms with Gasteiger partial charge in [-0.15, -0.1) is 0 Å². The maximum absolute atomic E-state index is 5.93. The summed E-state index contributed by atoms with van der Waals surface area (Å²) < 4.78 is 5.24. The van der Waals surface area contributed by atoms with Crippen LogP contribution in [0.1, 0.15) is 0 Å². The van der Waals surface area contributed by atoms with E-state index in [-0.39, 0.29) is 0 Å². The normalized spacial score (nSPS) is 10.7. The molecule has 3 aromatic rings. The van der Waals surface area contributed by atoms with Crippen molar-refractivity contribution in [3.8, 4) is 5.75 Å². The number of pyridine rings is 2. The van der Waals surface area contributed by atoms with Gasteiger partial charge in [0, 0.05) is 22.7 Å². The van der Waals surface area contributed by atoms with Crippen LogP contribution in [0.3, 0.4) is 0 Å². The molecule has 20 heavy (non-hydrogen) atoms. The second-order valence-corrected chi connectivity index (χ2v) is 5.25. The SMILES string of the molecule is COc1ccc2c(Sc3ccncc3N)nccc2c1. The molecule has 0 bridgehead atoms. The quantitative estimate of drug-likeness (QED) is 0.798. The number of hydrogen-bond acceptors (Lipinski definition) is 5. The van der Waals surface area contributed by atoms with Crippen molar-refractivity contribution in [1.82, 2.24) is 9.97 Å². The number of methoxy groups -OCH3 is 1. The van der Waals surface area contributed by atoms with Crippen LogP contribution in [0.2, 0.25) is 0 Å². The Morgan fingerprint density at radius 3 is 2.85 bits per heavy atom. The van der Waals surface area contributed by atoms with Crippen LogP contribution >= 0.6 is 11.8 Å². The highest BCUT2D eigenvalue weighted by atomic mass is 32.2. The smallest absolute Gasteiger partial charge is 0.119 e. The van der Waals surface area contributed by atoms with E-state index in [0.717, 1.165) is 26.4 Å². The number of hydrogen-bond donors (Lipinski definition) is 1. The van der Waals surface area contributed by atoms with E-state index in [2.05, 4.69) is 9.97 Å². The zero-order valence-electron chi connectivity index (χ0n) is 10.9. The molecule has 0 unspecified atom stereocenters. The van der Waals surface area contributed by atoms with E-state index in [1.807, 2.05) is 30.3 Å². The molecule has 0 atom stereocenters. The van der Waals surface area contributed by atoms with Gasteiger partial charge in [-0.05, 0) is 35.7 Å². The number of rotatable bonds is 3. The lowest BCUT2D eigenvalue weighted by molar-refractivity contribution is 0.415. The molecule has 5 heteroatoms. The van der Waals surface area contributed by atoms with Crippen molar-refractivity contribution < 1.29 is 4.74 Å². The lowest BCUT2D eigenvalue weighted by Crippen LogP contribution is -1.90. The van der Waals surface area contributed by atoms with Crippen molar-refractivity contribution in [1.29, 1.82) is 0 Å². The van der Waals surface area contributed by atoms with E-state index in [1.165, 1.54) is 0 Å². The second-order valence-electron chi connectivity index (χ2n) is 4.22. The molecule has 0 aliphatic carbocycles. The lowest BCUT2D eigenvalue weighted by Gasteiger charge is -2.08. The van der Waals surface area contributed by atoms with Gasteiger partial charge in [0.05, 0.1) is 19.0 Å². The third-order valence-electron chi connectivity index (χ3n) is 2.95. The van der Waals surface area contributed by atoms with Gasteiger partial charge in [-0.3, -0.25) is 4.98 Å². The first kappa shape index (κ1) is 12.7. The zero-order valence-corrected chi connectivity index (χ0v) is 11.7. The van der Waals surface area contributed by atoms with Crippen LogP contribution in [-0.2, 0) is 0 Å². The molecule has 0 radical (unpaired) electrons. The summed E-state index contributed by atoms with van der Waals surface area (Å²) in [5.41, 5.74) is 6.58. The number of aromatic nitrogens is 2. The summed E-state index contributed by atoms with van der Waals surface area (Å²) in [5.74, 6) is 0.836. The molecule has 0 aliphatic rings. The van der Waals surface area contributed by atoms with E-state index in [1.54, 1.807) is 37.5 Å². The van der Waals surface area contributed by atoms with Crippen LogP contribution in [0.4, 0.5) is 5.69 Å². The van der Waals surface area contributed by atoms with Crippen LogP contribution in [0, 0.1) is 0 Å². The fraction of sp³-hybridized carbons (Fsp3) is 0.0667. The van der Waals surface area contributed by atoms with Crippen LogP contribution in [0.5, 0.6) is 5.75 Å². The predicted molar refractivity (Wildman–Crippen MR) is 81.1 cm³/mol. The van der Waals surface area contributed by atoms with Crippen LogP contribution in [0.15, 0.2) is 58.8 Å². The molecule has 4 nitrogen and oxygen atoms in total. The highest BCUT2D eigenvalue weighted by molar-refractivity contribution is 7.99. The van der Waals surface area contributed by atoms with Gasteiger partial charge in [-0.1, -0.05) is 11.8 Å². The first-order valence-corrected chi connectivity index (χ1v) is 6.89. The Bertz CT molecular complexity index is 761. The molecule has 0 fully saturated rings. The number of nitrogen functional groups attached to an aromatic ring is 1. The van der Waals surface area contributed by atoms with Gasteiger partial charge in [0.1, 0.15) is 10.8 Å². The average molecular weight is 283 g/mol. The van der Waals surface area contributed by atoms with Crippen LogP contribution < -0.4 is 10.5 Å². The molecule has 0 spiro atoms. The fourth-order valence-corrected chi connectivity index (χ4v) is 2.84. The van der Waals surface area contributed by atoms with E-state index < -0.39 is 0 Å². The summed E-state index contributed by atoms with van der Waals surface area (Å²) in [7, 11) is 1.66. The Hall–Kier alpha value is -2.27. The Morgan fingerprint density at radius 1 is 1.15 bits per heavy atom. The minimum Gasteiger partial charge on any atom is -0.497 e. The molecular weight excluding hydrogens is 270 g/mol.